The number of nitrogens with zero attached hydrogens (tertiary/aromatic N) is 1. The third kappa shape index (κ3) is 6.09. The van der Waals surface area contributed by atoms with E-state index in [0.717, 1.165) is 36.6 Å². The highest BCUT2D eigenvalue weighted by Gasteiger charge is 2.20. The SMILES string of the molecule is Cc1ccc(CN(CC(=O)NCC2=CCCCC2)S(C)(=O)=O)cc1. The van der Waals surface area contributed by atoms with Crippen LogP contribution >= 0.6 is 0 Å². The average Bonchev–Trinajstić information content (AvgIpc) is 2.54. The molecule has 1 amide bonds. The van der Waals surface area contributed by atoms with Gasteiger partial charge in [-0.1, -0.05) is 41.5 Å². The number of allylic oxidation sites excluding steroid dienone is 1. The summed E-state index contributed by atoms with van der Waals surface area (Å²) in [5.74, 6) is -0.265. The van der Waals surface area contributed by atoms with Crippen LogP contribution in [0.2, 0.25) is 0 Å². The highest BCUT2D eigenvalue weighted by Crippen LogP contribution is 2.16. The lowest BCUT2D eigenvalue weighted by Crippen LogP contribution is -2.40. The topological polar surface area (TPSA) is 66.5 Å². The van der Waals surface area contributed by atoms with Crippen LogP contribution in [0.5, 0.6) is 0 Å². The Morgan fingerprint density at radius 2 is 1.92 bits per heavy atom. The van der Waals surface area contributed by atoms with Crippen LogP contribution in [0, 0.1) is 6.92 Å². The molecule has 1 aliphatic carbocycles. The number of carbonyl (C=O) groups is 1. The molecule has 0 spiro atoms. The highest BCUT2D eigenvalue weighted by atomic mass is 32.2. The van der Waals surface area contributed by atoms with Crippen LogP contribution in [-0.4, -0.2) is 38.0 Å². The number of benzene rings is 1. The lowest BCUT2D eigenvalue weighted by Gasteiger charge is -2.20. The van der Waals surface area contributed by atoms with Crippen molar-refractivity contribution in [2.45, 2.75) is 39.2 Å². The highest BCUT2D eigenvalue weighted by molar-refractivity contribution is 7.88. The fraction of sp³-hybridized carbons (Fsp3) is 0.500. The van der Waals surface area contributed by atoms with Crippen molar-refractivity contribution in [3.05, 3.63) is 47.0 Å². The summed E-state index contributed by atoms with van der Waals surface area (Å²) in [6.45, 7) is 2.54. The van der Waals surface area contributed by atoms with Gasteiger partial charge in [-0.3, -0.25) is 4.79 Å². The summed E-state index contributed by atoms with van der Waals surface area (Å²) in [5.41, 5.74) is 3.22. The summed E-state index contributed by atoms with van der Waals surface area (Å²) in [7, 11) is -3.45. The molecule has 1 aromatic carbocycles. The van der Waals surface area contributed by atoms with Gasteiger partial charge in [-0.05, 0) is 38.2 Å². The lowest BCUT2D eigenvalue weighted by atomic mass is 10.00. The summed E-state index contributed by atoms with van der Waals surface area (Å²) in [4.78, 5) is 12.1. The van der Waals surface area contributed by atoms with Crippen molar-refractivity contribution in [1.29, 1.82) is 0 Å². The number of nitrogens with one attached hydrogen (secondary N) is 1. The molecule has 6 heteroatoms. The second-order valence-electron chi connectivity index (χ2n) is 6.40. The van der Waals surface area contributed by atoms with E-state index in [4.69, 9.17) is 0 Å². The largest absolute Gasteiger partial charge is 0.351 e. The molecule has 0 saturated heterocycles. The van der Waals surface area contributed by atoms with E-state index in [1.807, 2.05) is 31.2 Å². The lowest BCUT2D eigenvalue weighted by molar-refractivity contribution is -0.121. The van der Waals surface area contributed by atoms with Gasteiger partial charge in [-0.25, -0.2) is 8.42 Å². The first-order valence-corrected chi connectivity index (χ1v) is 10.1. The maximum absolute atomic E-state index is 12.1. The Bertz CT molecular complexity index is 693. The van der Waals surface area contributed by atoms with Gasteiger partial charge in [0, 0.05) is 13.1 Å². The fourth-order valence-electron chi connectivity index (χ4n) is 2.68. The number of carbonyl (C=O) groups excluding carboxylic acids is 1. The number of aryl methyl sites for hydroxylation is 1. The average molecular weight is 350 g/mol. The predicted octanol–water partition coefficient (Wildman–Crippen LogP) is 2.37. The Balaban J connectivity index is 1.94. The first-order valence-electron chi connectivity index (χ1n) is 8.30. The molecule has 1 aliphatic rings. The van der Waals surface area contributed by atoms with E-state index in [1.165, 1.54) is 16.3 Å². The van der Waals surface area contributed by atoms with E-state index in [9.17, 15) is 13.2 Å². The van der Waals surface area contributed by atoms with Crippen LogP contribution in [0.3, 0.4) is 0 Å². The van der Waals surface area contributed by atoms with Crippen LogP contribution in [0.25, 0.3) is 0 Å². The van der Waals surface area contributed by atoms with Crippen molar-refractivity contribution in [1.82, 2.24) is 9.62 Å². The molecule has 1 N–H and O–H groups in total. The van der Waals surface area contributed by atoms with Crippen molar-refractivity contribution in [3.8, 4) is 0 Å². The first-order chi connectivity index (χ1) is 11.3. The fourth-order valence-corrected chi connectivity index (χ4v) is 3.42. The Morgan fingerprint density at radius 3 is 2.50 bits per heavy atom. The van der Waals surface area contributed by atoms with Crippen molar-refractivity contribution in [2.75, 3.05) is 19.3 Å². The Hall–Kier alpha value is -1.66. The number of rotatable bonds is 7. The molecule has 24 heavy (non-hydrogen) atoms. The van der Waals surface area contributed by atoms with Crippen molar-refractivity contribution < 1.29 is 13.2 Å². The van der Waals surface area contributed by atoms with Crippen LogP contribution in [0.15, 0.2) is 35.9 Å². The van der Waals surface area contributed by atoms with Gasteiger partial charge in [-0.15, -0.1) is 0 Å². The minimum Gasteiger partial charge on any atom is -0.351 e. The summed E-state index contributed by atoms with van der Waals surface area (Å²) in [6.07, 6.45) is 7.75. The zero-order valence-electron chi connectivity index (χ0n) is 14.4. The van der Waals surface area contributed by atoms with Gasteiger partial charge in [0.1, 0.15) is 0 Å². The zero-order chi connectivity index (χ0) is 17.6. The van der Waals surface area contributed by atoms with E-state index in [-0.39, 0.29) is 19.0 Å². The molecule has 0 bridgehead atoms. The van der Waals surface area contributed by atoms with E-state index in [1.54, 1.807) is 0 Å². The van der Waals surface area contributed by atoms with Gasteiger partial charge in [0.15, 0.2) is 0 Å². The number of hydrogen-bond acceptors (Lipinski definition) is 3. The van der Waals surface area contributed by atoms with Gasteiger partial charge in [0.2, 0.25) is 15.9 Å². The molecule has 2 rings (SSSR count). The second kappa shape index (κ2) is 8.44. The van der Waals surface area contributed by atoms with Gasteiger partial charge < -0.3 is 5.32 Å². The minimum absolute atomic E-state index is 0.153. The molecular formula is C18H26N2O3S. The van der Waals surface area contributed by atoms with E-state index < -0.39 is 10.0 Å². The second-order valence-corrected chi connectivity index (χ2v) is 8.38. The molecular weight excluding hydrogens is 324 g/mol. The van der Waals surface area contributed by atoms with E-state index in [0.29, 0.717) is 6.54 Å². The Kier molecular flexibility index (Phi) is 6.57. The monoisotopic (exact) mass is 350 g/mol. The van der Waals surface area contributed by atoms with Crippen LogP contribution in [0.4, 0.5) is 0 Å². The number of hydrogen-bond donors (Lipinski definition) is 1. The molecule has 0 heterocycles. The van der Waals surface area contributed by atoms with Crippen molar-refractivity contribution in [3.63, 3.8) is 0 Å². The summed E-state index contributed by atoms with van der Waals surface area (Å²) >= 11 is 0. The molecule has 5 nitrogen and oxygen atoms in total. The summed E-state index contributed by atoms with van der Waals surface area (Å²) in [5, 5.41) is 2.84. The van der Waals surface area contributed by atoms with Gasteiger partial charge in [-0.2, -0.15) is 4.31 Å². The molecule has 0 aliphatic heterocycles. The minimum atomic E-state index is -3.45. The molecule has 0 fully saturated rings. The van der Waals surface area contributed by atoms with Gasteiger partial charge >= 0.3 is 0 Å². The summed E-state index contributed by atoms with van der Waals surface area (Å²) in [6, 6.07) is 7.65. The third-order valence-electron chi connectivity index (χ3n) is 4.17. The van der Waals surface area contributed by atoms with Crippen LogP contribution < -0.4 is 5.32 Å². The smallest absolute Gasteiger partial charge is 0.235 e. The number of sulfonamides is 1. The molecule has 0 unspecified atom stereocenters. The van der Waals surface area contributed by atoms with Crippen molar-refractivity contribution in [2.24, 2.45) is 0 Å². The molecule has 0 radical (unpaired) electrons. The molecule has 0 atom stereocenters. The van der Waals surface area contributed by atoms with Gasteiger partial charge in [0.05, 0.1) is 12.8 Å². The quantitative estimate of drug-likeness (QED) is 0.768. The Labute approximate surface area is 144 Å². The molecule has 132 valence electrons. The Morgan fingerprint density at radius 1 is 1.21 bits per heavy atom. The normalized spacial score (nSPS) is 15.2. The maximum atomic E-state index is 12.1. The number of amides is 1. The third-order valence-corrected chi connectivity index (χ3v) is 5.36. The molecule has 0 aromatic heterocycles. The molecule has 0 saturated carbocycles. The maximum Gasteiger partial charge on any atom is 0.235 e. The van der Waals surface area contributed by atoms with Crippen LogP contribution in [0.1, 0.15) is 36.8 Å². The van der Waals surface area contributed by atoms with E-state index in [2.05, 4.69) is 11.4 Å². The standard InChI is InChI=1S/C18H26N2O3S/c1-15-8-10-17(11-9-15)13-20(24(2,22)23)14-18(21)19-12-16-6-4-3-5-7-16/h6,8-11H,3-5,7,12-14H2,1-2H3,(H,19,21). The zero-order valence-corrected chi connectivity index (χ0v) is 15.2. The summed E-state index contributed by atoms with van der Waals surface area (Å²) < 4.78 is 25.2. The van der Waals surface area contributed by atoms with Gasteiger partial charge in [0.25, 0.3) is 0 Å². The van der Waals surface area contributed by atoms with E-state index >= 15 is 0 Å². The first kappa shape index (κ1) is 18.7. The van der Waals surface area contributed by atoms with Crippen LogP contribution in [-0.2, 0) is 21.4 Å². The van der Waals surface area contributed by atoms with Crippen molar-refractivity contribution >= 4 is 15.9 Å². The molecule has 1 aromatic rings. The predicted molar refractivity (Wildman–Crippen MR) is 96.0 cm³/mol.